The third-order valence-corrected chi connectivity index (χ3v) is 4.40. The van der Waals surface area contributed by atoms with Gasteiger partial charge in [-0.15, -0.1) is 0 Å². The van der Waals surface area contributed by atoms with Gasteiger partial charge in [-0.3, -0.25) is 4.99 Å². The van der Waals surface area contributed by atoms with Crippen LogP contribution in [-0.4, -0.2) is 59.1 Å². The van der Waals surface area contributed by atoms with Crippen LogP contribution in [0.1, 0.15) is 31.7 Å². The number of morpholine rings is 1. The Kier molecular flexibility index (Phi) is 9.90. The van der Waals surface area contributed by atoms with Gasteiger partial charge in [0.25, 0.3) is 0 Å². The van der Waals surface area contributed by atoms with Gasteiger partial charge in [-0.05, 0) is 30.5 Å². The van der Waals surface area contributed by atoms with E-state index < -0.39 is 0 Å². The fourth-order valence-corrected chi connectivity index (χ4v) is 2.78. The summed E-state index contributed by atoms with van der Waals surface area (Å²) in [6.45, 7) is 9.03. The number of aliphatic imine (C=N–C) groups is 1. The first-order chi connectivity index (χ1) is 12.8. The van der Waals surface area contributed by atoms with Crippen molar-refractivity contribution in [1.29, 1.82) is 0 Å². The molecule has 2 rings (SSSR count). The lowest BCUT2D eigenvalue weighted by Gasteiger charge is -2.28. The van der Waals surface area contributed by atoms with E-state index in [0.717, 1.165) is 71.4 Å². The maximum atomic E-state index is 5.57. The van der Waals surface area contributed by atoms with Gasteiger partial charge >= 0.3 is 0 Å². The summed E-state index contributed by atoms with van der Waals surface area (Å²) in [5, 5.41) is 6.69. The van der Waals surface area contributed by atoms with Crippen molar-refractivity contribution in [3.05, 3.63) is 29.8 Å². The lowest BCUT2D eigenvalue weighted by atomic mass is 10.2. The highest BCUT2D eigenvalue weighted by Crippen LogP contribution is 2.16. The van der Waals surface area contributed by atoms with Crippen LogP contribution in [-0.2, 0) is 16.0 Å². The number of ether oxygens (including phenoxy) is 2. The molecule has 1 fully saturated rings. The molecule has 6 heteroatoms. The number of hydrogen-bond donors (Lipinski definition) is 2. The van der Waals surface area contributed by atoms with Crippen LogP contribution in [0.4, 0.5) is 5.69 Å². The van der Waals surface area contributed by atoms with Crippen LogP contribution in [0.5, 0.6) is 0 Å². The van der Waals surface area contributed by atoms with E-state index in [0.29, 0.717) is 0 Å². The van der Waals surface area contributed by atoms with Gasteiger partial charge in [0.2, 0.25) is 0 Å². The maximum absolute atomic E-state index is 5.57. The van der Waals surface area contributed by atoms with Gasteiger partial charge in [-0.2, -0.15) is 0 Å². The topological polar surface area (TPSA) is 58.1 Å². The van der Waals surface area contributed by atoms with Gasteiger partial charge in [0.15, 0.2) is 5.96 Å². The normalized spacial score (nSPS) is 15.2. The highest BCUT2D eigenvalue weighted by atomic mass is 16.5. The number of unbranched alkanes of at least 4 members (excludes halogenated alkanes) is 1. The van der Waals surface area contributed by atoms with Gasteiger partial charge in [0, 0.05) is 52.1 Å². The van der Waals surface area contributed by atoms with Gasteiger partial charge in [0.05, 0.1) is 13.2 Å². The first-order valence-corrected chi connectivity index (χ1v) is 9.77. The monoisotopic (exact) mass is 362 g/mol. The Bertz CT molecular complexity index is 513. The smallest absolute Gasteiger partial charge is 0.191 e. The molecule has 0 aromatic heterocycles. The second-order valence-corrected chi connectivity index (χ2v) is 6.44. The van der Waals surface area contributed by atoms with Gasteiger partial charge in [0.1, 0.15) is 0 Å². The van der Waals surface area contributed by atoms with Crippen LogP contribution in [0.25, 0.3) is 0 Å². The van der Waals surface area contributed by atoms with Crippen LogP contribution in [0.3, 0.4) is 0 Å². The van der Waals surface area contributed by atoms with Crippen LogP contribution < -0.4 is 15.5 Å². The summed E-state index contributed by atoms with van der Waals surface area (Å²) in [6.07, 6.45) is 3.31. The van der Waals surface area contributed by atoms with E-state index in [1.807, 2.05) is 0 Å². The molecule has 0 spiro atoms. The minimum atomic E-state index is 0.760. The van der Waals surface area contributed by atoms with Gasteiger partial charge < -0.3 is 25.0 Å². The van der Waals surface area contributed by atoms with Crippen LogP contribution in [0.2, 0.25) is 0 Å². The van der Waals surface area contributed by atoms with Crippen molar-refractivity contribution in [1.82, 2.24) is 10.6 Å². The lowest BCUT2D eigenvalue weighted by Crippen LogP contribution is -2.37. The maximum Gasteiger partial charge on any atom is 0.191 e. The molecule has 0 saturated carbocycles. The molecule has 0 atom stereocenters. The molecule has 0 amide bonds. The molecule has 6 nitrogen and oxygen atoms in total. The number of hydrogen-bond acceptors (Lipinski definition) is 4. The van der Waals surface area contributed by atoms with Crippen molar-refractivity contribution in [3.8, 4) is 0 Å². The van der Waals surface area contributed by atoms with E-state index in [1.165, 1.54) is 17.7 Å². The number of nitrogens with one attached hydrogen (secondary N) is 2. The Balaban J connectivity index is 1.64. The Morgan fingerprint density at radius 2 is 1.85 bits per heavy atom. The molecule has 146 valence electrons. The summed E-state index contributed by atoms with van der Waals surface area (Å²) >= 11 is 0. The zero-order valence-electron chi connectivity index (χ0n) is 16.3. The Morgan fingerprint density at radius 1 is 1.12 bits per heavy atom. The Hall–Kier alpha value is -1.79. The third kappa shape index (κ3) is 7.62. The summed E-state index contributed by atoms with van der Waals surface area (Å²) in [5.74, 6) is 0.829. The fraction of sp³-hybridized carbons (Fsp3) is 0.650. The van der Waals surface area contributed by atoms with Crippen LogP contribution >= 0.6 is 0 Å². The highest BCUT2D eigenvalue weighted by Gasteiger charge is 2.10. The quantitative estimate of drug-likeness (QED) is 0.380. The van der Waals surface area contributed by atoms with Gasteiger partial charge in [-0.25, -0.2) is 0 Å². The molecular formula is C20H34N4O2. The molecule has 0 aliphatic carbocycles. The molecule has 1 aromatic rings. The summed E-state index contributed by atoms with van der Waals surface area (Å²) in [4.78, 5) is 6.64. The average molecular weight is 363 g/mol. The Morgan fingerprint density at radius 3 is 2.54 bits per heavy atom. The molecule has 0 unspecified atom stereocenters. The summed E-state index contributed by atoms with van der Waals surface area (Å²) in [6, 6.07) is 8.72. The first-order valence-electron chi connectivity index (χ1n) is 9.77. The average Bonchev–Trinajstić information content (AvgIpc) is 2.70. The molecule has 0 radical (unpaired) electrons. The molecule has 0 bridgehead atoms. The van der Waals surface area contributed by atoms with E-state index in [1.54, 1.807) is 7.05 Å². The summed E-state index contributed by atoms with van der Waals surface area (Å²) in [7, 11) is 1.80. The number of benzene rings is 1. The van der Waals surface area contributed by atoms with E-state index in [2.05, 4.69) is 51.7 Å². The third-order valence-electron chi connectivity index (χ3n) is 4.40. The van der Waals surface area contributed by atoms with Crippen LogP contribution in [0.15, 0.2) is 29.3 Å². The predicted octanol–water partition coefficient (Wildman–Crippen LogP) is 2.40. The van der Waals surface area contributed by atoms with Crippen LogP contribution in [0, 0.1) is 0 Å². The molecule has 1 saturated heterocycles. The minimum Gasteiger partial charge on any atom is -0.381 e. The van der Waals surface area contributed by atoms with E-state index in [4.69, 9.17) is 9.47 Å². The molecule has 1 aliphatic heterocycles. The van der Waals surface area contributed by atoms with Crippen molar-refractivity contribution < 1.29 is 9.47 Å². The number of nitrogens with zero attached hydrogens (tertiary/aromatic N) is 2. The van der Waals surface area contributed by atoms with Crippen molar-refractivity contribution in [2.75, 3.05) is 58.0 Å². The van der Waals surface area contributed by atoms with E-state index in [9.17, 15) is 0 Å². The first kappa shape index (κ1) is 20.5. The molecule has 1 aromatic carbocycles. The molecular weight excluding hydrogens is 328 g/mol. The zero-order chi connectivity index (χ0) is 18.5. The van der Waals surface area contributed by atoms with Gasteiger partial charge in [-0.1, -0.05) is 25.5 Å². The fourth-order valence-electron chi connectivity index (χ4n) is 2.78. The molecule has 1 heterocycles. The second-order valence-electron chi connectivity index (χ2n) is 6.44. The molecule has 1 aliphatic rings. The van der Waals surface area contributed by atoms with E-state index >= 15 is 0 Å². The number of rotatable bonds is 10. The molecule has 26 heavy (non-hydrogen) atoms. The zero-order valence-corrected chi connectivity index (χ0v) is 16.3. The number of anilines is 1. The summed E-state index contributed by atoms with van der Waals surface area (Å²) < 4.78 is 11.0. The largest absolute Gasteiger partial charge is 0.381 e. The Labute approximate surface area is 158 Å². The van der Waals surface area contributed by atoms with Crippen molar-refractivity contribution in [3.63, 3.8) is 0 Å². The summed E-state index contributed by atoms with van der Waals surface area (Å²) in [5.41, 5.74) is 2.51. The van der Waals surface area contributed by atoms with Crippen molar-refractivity contribution in [2.45, 2.75) is 32.7 Å². The lowest BCUT2D eigenvalue weighted by molar-refractivity contribution is 0.122. The predicted molar refractivity (Wildman–Crippen MR) is 108 cm³/mol. The van der Waals surface area contributed by atoms with Crippen molar-refractivity contribution >= 4 is 11.6 Å². The SMILES string of the molecule is CCCCOCCCNC(=NC)NCc1ccc(N2CCOCC2)cc1. The van der Waals surface area contributed by atoms with E-state index in [-0.39, 0.29) is 0 Å². The number of guanidine groups is 1. The highest BCUT2D eigenvalue weighted by molar-refractivity contribution is 5.79. The van der Waals surface area contributed by atoms with Crippen molar-refractivity contribution in [2.24, 2.45) is 4.99 Å². The minimum absolute atomic E-state index is 0.760. The standard InChI is InChI=1S/C20H34N4O2/c1-3-4-13-25-14-5-10-22-20(21-2)23-17-18-6-8-19(9-7-18)24-11-15-26-16-12-24/h6-9H,3-5,10-17H2,1-2H3,(H2,21,22,23). The second kappa shape index (κ2) is 12.5. The molecule has 2 N–H and O–H groups in total.